The van der Waals surface area contributed by atoms with Crippen molar-refractivity contribution in [3.63, 3.8) is 0 Å². The molecule has 0 amide bonds. The van der Waals surface area contributed by atoms with Gasteiger partial charge in [-0.15, -0.1) is 0 Å². The summed E-state index contributed by atoms with van der Waals surface area (Å²) in [6, 6.07) is 3.10. The molecule has 2 atom stereocenters. The molecule has 0 aliphatic heterocycles. The molecule has 1 aromatic carbocycles. The van der Waals surface area contributed by atoms with Crippen LogP contribution in [0.25, 0.3) is 0 Å². The van der Waals surface area contributed by atoms with Gasteiger partial charge in [0.1, 0.15) is 11.9 Å². The summed E-state index contributed by atoms with van der Waals surface area (Å²) in [4.78, 5) is 3.75. The SMILES string of the molecule is C[C@@H](Oc1cc(C#CCC(C)(O)C(F)(F)F)cnc1N)c1cc(F)ccc1C(F)(F)F. The van der Waals surface area contributed by atoms with Crippen molar-refractivity contribution in [2.75, 3.05) is 5.73 Å². The monoisotopic (exact) mass is 450 g/mol. The molecule has 0 fully saturated rings. The van der Waals surface area contributed by atoms with E-state index in [0.717, 1.165) is 6.20 Å². The minimum absolute atomic E-state index is 0.0460. The van der Waals surface area contributed by atoms with Crippen LogP contribution in [0.2, 0.25) is 0 Å². The van der Waals surface area contributed by atoms with Gasteiger partial charge in [0.05, 0.1) is 5.56 Å². The number of hydrogen-bond acceptors (Lipinski definition) is 4. The van der Waals surface area contributed by atoms with Crippen LogP contribution >= 0.6 is 0 Å². The van der Waals surface area contributed by atoms with E-state index < -0.39 is 47.4 Å². The Balaban J connectivity index is 2.29. The van der Waals surface area contributed by atoms with Crippen molar-refractivity contribution in [3.05, 3.63) is 53.0 Å². The van der Waals surface area contributed by atoms with Gasteiger partial charge >= 0.3 is 12.4 Å². The second-order valence-corrected chi connectivity index (χ2v) is 6.85. The smallest absolute Gasteiger partial charge is 0.417 e. The Kier molecular flexibility index (Phi) is 6.75. The van der Waals surface area contributed by atoms with Gasteiger partial charge in [0.2, 0.25) is 0 Å². The molecular weight excluding hydrogens is 433 g/mol. The predicted molar refractivity (Wildman–Crippen MR) is 97.3 cm³/mol. The van der Waals surface area contributed by atoms with Crippen molar-refractivity contribution in [2.45, 2.75) is 44.3 Å². The number of benzene rings is 1. The Hall–Kier alpha value is -3.00. The fourth-order valence-electron chi connectivity index (χ4n) is 2.42. The summed E-state index contributed by atoms with van der Waals surface area (Å²) in [7, 11) is 0. The Morgan fingerprint density at radius 2 is 1.81 bits per heavy atom. The van der Waals surface area contributed by atoms with Gasteiger partial charge in [0.25, 0.3) is 0 Å². The predicted octanol–water partition coefficient (Wildman–Crippen LogP) is 5.02. The fraction of sp³-hybridized carbons (Fsp3) is 0.350. The average Bonchev–Trinajstić information content (AvgIpc) is 2.62. The topological polar surface area (TPSA) is 68.4 Å². The second kappa shape index (κ2) is 8.63. The van der Waals surface area contributed by atoms with Gasteiger partial charge < -0.3 is 15.6 Å². The fourth-order valence-corrected chi connectivity index (χ4v) is 2.42. The number of pyridine rings is 1. The van der Waals surface area contributed by atoms with Crippen LogP contribution in [0, 0.1) is 17.7 Å². The quantitative estimate of drug-likeness (QED) is 0.507. The number of anilines is 1. The van der Waals surface area contributed by atoms with Crippen molar-refractivity contribution in [1.29, 1.82) is 0 Å². The zero-order valence-corrected chi connectivity index (χ0v) is 16.2. The van der Waals surface area contributed by atoms with E-state index in [2.05, 4.69) is 16.8 Å². The van der Waals surface area contributed by atoms with Crippen molar-refractivity contribution in [1.82, 2.24) is 4.98 Å². The number of nitrogens with two attached hydrogens (primary N) is 1. The summed E-state index contributed by atoms with van der Waals surface area (Å²) in [5, 5.41) is 9.38. The lowest BCUT2D eigenvalue weighted by atomic mass is 10.0. The molecule has 2 rings (SSSR count). The van der Waals surface area contributed by atoms with Gasteiger partial charge in [-0.05, 0) is 32.0 Å². The molecule has 0 aliphatic rings. The Bertz CT molecular complexity index is 1010. The largest absolute Gasteiger partial charge is 0.482 e. The van der Waals surface area contributed by atoms with Crippen LogP contribution < -0.4 is 10.5 Å². The van der Waals surface area contributed by atoms with Gasteiger partial charge in [-0.25, -0.2) is 9.37 Å². The molecule has 1 aromatic heterocycles. The van der Waals surface area contributed by atoms with Crippen LogP contribution in [0.1, 0.15) is 43.1 Å². The highest BCUT2D eigenvalue weighted by molar-refractivity contribution is 5.51. The van der Waals surface area contributed by atoms with E-state index in [1.807, 2.05) is 0 Å². The van der Waals surface area contributed by atoms with Crippen molar-refractivity contribution in [2.24, 2.45) is 0 Å². The van der Waals surface area contributed by atoms with Crippen LogP contribution in [0.4, 0.5) is 36.6 Å². The first-order valence-corrected chi connectivity index (χ1v) is 8.68. The Morgan fingerprint density at radius 1 is 1.16 bits per heavy atom. The number of ether oxygens (including phenoxy) is 1. The van der Waals surface area contributed by atoms with Gasteiger partial charge in [0.15, 0.2) is 17.2 Å². The maximum Gasteiger partial charge on any atom is 0.417 e. The lowest BCUT2D eigenvalue weighted by molar-refractivity contribution is -0.250. The van der Waals surface area contributed by atoms with Crippen molar-refractivity contribution in [3.8, 4) is 17.6 Å². The molecule has 2 aromatic rings. The van der Waals surface area contributed by atoms with Gasteiger partial charge in [-0.1, -0.05) is 11.8 Å². The molecule has 0 bridgehead atoms. The highest BCUT2D eigenvalue weighted by Crippen LogP contribution is 2.37. The third-order valence-electron chi connectivity index (χ3n) is 4.22. The Morgan fingerprint density at radius 3 is 2.39 bits per heavy atom. The molecule has 3 N–H and O–H groups in total. The van der Waals surface area contributed by atoms with Crippen molar-refractivity contribution < 1.29 is 40.6 Å². The van der Waals surface area contributed by atoms with Gasteiger partial charge in [-0.2, -0.15) is 26.3 Å². The molecule has 0 aliphatic carbocycles. The highest BCUT2D eigenvalue weighted by Gasteiger charge is 2.49. The number of rotatable bonds is 4. The Labute approximate surface area is 172 Å². The third kappa shape index (κ3) is 6.01. The molecular formula is C20H17F7N2O2. The van der Waals surface area contributed by atoms with E-state index in [1.54, 1.807) is 0 Å². The molecule has 4 nitrogen and oxygen atoms in total. The molecule has 0 saturated heterocycles. The van der Waals surface area contributed by atoms with Gasteiger partial charge in [0, 0.05) is 29.8 Å². The maximum absolute atomic E-state index is 13.5. The number of nitrogens with zero attached hydrogens (tertiary/aromatic N) is 1. The minimum atomic E-state index is -4.88. The highest BCUT2D eigenvalue weighted by atomic mass is 19.4. The molecule has 0 saturated carbocycles. The third-order valence-corrected chi connectivity index (χ3v) is 4.22. The number of halogens is 7. The maximum atomic E-state index is 13.5. The molecule has 0 spiro atoms. The van der Waals surface area contributed by atoms with E-state index in [1.165, 1.54) is 13.0 Å². The van der Waals surface area contributed by atoms with Crippen LogP contribution in [-0.4, -0.2) is 21.9 Å². The van der Waals surface area contributed by atoms with Crippen LogP contribution in [0.5, 0.6) is 5.75 Å². The summed E-state index contributed by atoms with van der Waals surface area (Å²) < 4.78 is 96.5. The lowest BCUT2D eigenvalue weighted by Gasteiger charge is -2.23. The van der Waals surface area contributed by atoms with E-state index in [0.29, 0.717) is 25.1 Å². The summed E-state index contributed by atoms with van der Waals surface area (Å²) in [6.45, 7) is 1.80. The van der Waals surface area contributed by atoms with Crippen LogP contribution in [0.15, 0.2) is 30.5 Å². The van der Waals surface area contributed by atoms with Crippen LogP contribution in [-0.2, 0) is 6.18 Å². The summed E-state index contributed by atoms with van der Waals surface area (Å²) in [5.41, 5.74) is 1.09. The minimum Gasteiger partial charge on any atom is -0.482 e. The number of aromatic nitrogens is 1. The standard InChI is InChI=1S/C20H17F7N2O2/c1-11(14-9-13(21)5-6-15(14)19(22,23)24)31-16-8-12(10-29-17(16)28)4-3-7-18(2,30)20(25,26)27/h5-6,8-11,30H,7H2,1-2H3,(H2,28,29)/t11-,18?/m1/s1. The zero-order valence-electron chi connectivity index (χ0n) is 16.2. The zero-order chi connectivity index (χ0) is 23.6. The number of aliphatic hydroxyl groups is 1. The molecule has 0 radical (unpaired) electrons. The molecule has 1 heterocycles. The summed E-state index contributed by atoms with van der Waals surface area (Å²) in [6.07, 6.45) is -10.7. The first-order chi connectivity index (χ1) is 14.1. The van der Waals surface area contributed by atoms with E-state index in [9.17, 15) is 35.8 Å². The second-order valence-electron chi connectivity index (χ2n) is 6.85. The van der Waals surface area contributed by atoms with Gasteiger partial charge in [-0.3, -0.25) is 0 Å². The number of alkyl halides is 6. The molecule has 31 heavy (non-hydrogen) atoms. The molecule has 1 unspecified atom stereocenters. The van der Waals surface area contributed by atoms with E-state index >= 15 is 0 Å². The normalized spacial score (nSPS) is 14.9. The van der Waals surface area contributed by atoms with Crippen molar-refractivity contribution >= 4 is 5.82 Å². The first kappa shape index (κ1) is 24.3. The molecule has 11 heteroatoms. The first-order valence-electron chi connectivity index (χ1n) is 8.68. The lowest BCUT2D eigenvalue weighted by Crippen LogP contribution is -2.41. The van der Waals surface area contributed by atoms with Crippen LogP contribution in [0.3, 0.4) is 0 Å². The molecule has 168 valence electrons. The summed E-state index contributed by atoms with van der Waals surface area (Å²) >= 11 is 0. The van der Waals surface area contributed by atoms with E-state index in [4.69, 9.17) is 10.5 Å². The van der Waals surface area contributed by atoms with E-state index in [-0.39, 0.29) is 17.1 Å². The number of hydrogen-bond donors (Lipinski definition) is 2. The average molecular weight is 450 g/mol. The summed E-state index contributed by atoms with van der Waals surface area (Å²) in [5.74, 6) is 3.20. The number of nitrogen functional groups attached to an aromatic ring is 1.